The van der Waals surface area contributed by atoms with Crippen molar-refractivity contribution in [1.29, 1.82) is 0 Å². The van der Waals surface area contributed by atoms with Gasteiger partial charge in [-0.25, -0.2) is 9.82 Å². The summed E-state index contributed by atoms with van der Waals surface area (Å²) in [7, 11) is 1.52. The van der Waals surface area contributed by atoms with Crippen molar-refractivity contribution in [1.82, 2.24) is 5.43 Å². The van der Waals surface area contributed by atoms with E-state index in [1.807, 2.05) is 0 Å². The van der Waals surface area contributed by atoms with E-state index < -0.39 is 6.04 Å². The number of hydrogen-bond donors (Lipinski definition) is 2. The predicted octanol–water partition coefficient (Wildman–Crippen LogP) is 1.98. The number of methoxy groups -OCH3 is 1. The maximum Gasteiger partial charge on any atom is 0.126 e. The average Bonchev–Trinajstić information content (AvgIpc) is 2.84. The topological polar surface area (TPSA) is 60.4 Å². The van der Waals surface area contributed by atoms with Crippen molar-refractivity contribution in [3.8, 4) is 5.75 Å². The molecule has 1 aromatic heterocycles. The summed E-state index contributed by atoms with van der Waals surface area (Å²) in [5.74, 6) is 6.27. The van der Waals surface area contributed by atoms with E-state index in [9.17, 15) is 4.39 Å². The molecule has 0 radical (unpaired) electrons. The first-order chi connectivity index (χ1) is 8.26. The first-order valence-corrected chi connectivity index (χ1v) is 5.09. The Morgan fingerprint density at radius 2 is 2.24 bits per heavy atom. The number of nitrogens with two attached hydrogens (primary N) is 1. The molecule has 5 heteroatoms. The fourth-order valence-corrected chi connectivity index (χ4v) is 1.71. The summed E-state index contributed by atoms with van der Waals surface area (Å²) >= 11 is 0. The van der Waals surface area contributed by atoms with E-state index in [1.54, 1.807) is 18.2 Å². The molecule has 2 rings (SSSR count). The smallest absolute Gasteiger partial charge is 0.126 e. The van der Waals surface area contributed by atoms with Gasteiger partial charge in [0.25, 0.3) is 0 Å². The molecule has 3 N–H and O–H groups in total. The van der Waals surface area contributed by atoms with Gasteiger partial charge in [-0.1, -0.05) is 0 Å². The predicted molar refractivity (Wildman–Crippen MR) is 60.8 cm³/mol. The van der Waals surface area contributed by atoms with E-state index in [1.165, 1.54) is 25.5 Å². The van der Waals surface area contributed by atoms with Crippen LogP contribution in [0.3, 0.4) is 0 Å². The summed E-state index contributed by atoms with van der Waals surface area (Å²) in [5, 5.41) is 0. The van der Waals surface area contributed by atoms with Gasteiger partial charge in [-0.15, -0.1) is 0 Å². The molecular weight excluding hydrogens is 223 g/mol. The molecule has 90 valence electrons. The van der Waals surface area contributed by atoms with Crippen molar-refractivity contribution < 1.29 is 13.5 Å². The minimum absolute atomic E-state index is 0.354. The monoisotopic (exact) mass is 236 g/mol. The van der Waals surface area contributed by atoms with E-state index in [-0.39, 0.29) is 5.82 Å². The lowest BCUT2D eigenvalue weighted by Gasteiger charge is -2.17. The molecule has 1 unspecified atom stereocenters. The van der Waals surface area contributed by atoms with Gasteiger partial charge in [0.15, 0.2) is 0 Å². The third-order valence-corrected chi connectivity index (χ3v) is 2.50. The summed E-state index contributed by atoms with van der Waals surface area (Å²) in [6, 6.07) is 7.30. The van der Waals surface area contributed by atoms with Crippen LogP contribution in [0.2, 0.25) is 0 Å². The quantitative estimate of drug-likeness (QED) is 0.629. The van der Waals surface area contributed by atoms with E-state index in [2.05, 4.69) is 5.43 Å². The zero-order valence-corrected chi connectivity index (χ0v) is 9.31. The molecule has 0 amide bonds. The van der Waals surface area contributed by atoms with E-state index in [4.69, 9.17) is 15.0 Å². The zero-order chi connectivity index (χ0) is 12.3. The Morgan fingerprint density at radius 1 is 1.41 bits per heavy atom. The molecule has 1 atom stereocenters. The lowest BCUT2D eigenvalue weighted by atomic mass is 10.0. The van der Waals surface area contributed by atoms with E-state index in [0.29, 0.717) is 17.1 Å². The highest BCUT2D eigenvalue weighted by Crippen LogP contribution is 2.30. The van der Waals surface area contributed by atoms with Crippen LogP contribution >= 0.6 is 0 Å². The van der Waals surface area contributed by atoms with Crippen molar-refractivity contribution in [2.45, 2.75) is 6.04 Å². The Balaban J connectivity index is 2.46. The van der Waals surface area contributed by atoms with Crippen LogP contribution < -0.4 is 16.0 Å². The van der Waals surface area contributed by atoms with Gasteiger partial charge in [0, 0.05) is 5.56 Å². The van der Waals surface area contributed by atoms with Crippen LogP contribution in [0.25, 0.3) is 0 Å². The maximum atomic E-state index is 13.3. The summed E-state index contributed by atoms with van der Waals surface area (Å²) < 4.78 is 23.7. The molecule has 0 saturated heterocycles. The van der Waals surface area contributed by atoms with Crippen LogP contribution in [0.5, 0.6) is 5.75 Å². The third kappa shape index (κ3) is 2.30. The van der Waals surface area contributed by atoms with Gasteiger partial charge in [-0.05, 0) is 30.3 Å². The molecular formula is C12H13FN2O2. The molecule has 0 spiro atoms. The van der Waals surface area contributed by atoms with Gasteiger partial charge < -0.3 is 9.15 Å². The first-order valence-electron chi connectivity index (χ1n) is 5.09. The zero-order valence-electron chi connectivity index (χ0n) is 9.31. The van der Waals surface area contributed by atoms with Gasteiger partial charge in [0.05, 0.1) is 13.4 Å². The van der Waals surface area contributed by atoms with Crippen molar-refractivity contribution in [3.05, 3.63) is 53.7 Å². The highest BCUT2D eigenvalue weighted by Gasteiger charge is 2.19. The first kappa shape index (κ1) is 11.6. The molecule has 0 saturated carbocycles. The SMILES string of the molecule is COc1ccc(F)cc1C(NN)c1ccco1. The number of rotatable bonds is 4. The molecule has 0 bridgehead atoms. The fraction of sp³-hybridized carbons (Fsp3) is 0.167. The molecule has 1 aromatic carbocycles. The van der Waals surface area contributed by atoms with Crippen LogP contribution in [-0.2, 0) is 0 Å². The minimum Gasteiger partial charge on any atom is -0.496 e. The second kappa shape index (κ2) is 4.99. The Kier molecular flexibility index (Phi) is 3.41. The van der Waals surface area contributed by atoms with E-state index >= 15 is 0 Å². The maximum absolute atomic E-state index is 13.3. The van der Waals surface area contributed by atoms with E-state index in [0.717, 1.165) is 0 Å². The van der Waals surface area contributed by atoms with Gasteiger partial charge in [0.2, 0.25) is 0 Å². The summed E-state index contributed by atoms with van der Waals surface area (Å²) in [6.45, 7) is 0. The molecule has 1 heterocycles. The summed E-state index contributed by atoms with van der Waals surface area (Å²) in [4.78, 5) is 0. The summed E-state index contributed by atoms with van der Waals surface area (Å²) in [6.07, 6.45) is 1.53. The molecule has 0 aliphatic heterocycles. The van der Waals surface area contributed by atoms with Crippen LogP contribution in [0.4, 0.5) is 4.39 Å². The van der Waals surface area contributed by atoms with Gasteiger partial charge in [-0.3, -0.25) is 5.84 Å². The fourth-order valence-electron chi connectivity index (χ4n) is 1.71. The molecule has 0 fully saturated rings. The standard InChI is InChI=1S/C12H13FN2O2/c1-16-10-5-4-8(13)7-9(10)12(15-14)11-3-2-6-17-11/h2-7,12,15H,14H2,1H3. The van der Waals surface area contributed by atoms with Gasteiger partial charge in [-0.2, -0.15) is 0 Å². The minimum atomic E-state index is -0.448. The van der Waals surface area contributed by atoms with Crippen molar-refractivity contribution >= 4 is 0 Å². The molecule has 4 nitrogen and oxygen atoms in total. The normalized spacial score (nSPS) is 12.4. The number of hydrogen-bond acceptors (Lipinski definition) is 4. The number of ether oxygens (including phenoxy) is 1. The Morgan fingerprint density at radius 3 is 2.82 bits per heavy atom. The second-order valence-corrected chi connectivity index (χ2v) is 3.50. The largest absolute Gasteiger partial charge is 0.496 e. The number of furan rings is 1. The Bertz CT molecular complexity index is 485. The van der Waals surface area contributed by atoms with Crippen molar-refractivity contribution in [2.75, 3.05) is 7.11 Å². The Labute approximate surface area is 98.2 Å². The summed E-state index contributed by atoms with van der Waals surface area (Å²) in [5.41, 5.74) is 3.17. The third-order valence-electron chi connectivity index (χ3n) is 2.50. The van der Waals surface area contributed by atoms with Crippen molar-refractivity contribution in [2.24, 2.45) is 5.84 Å². The van der Waals surface area contributed by atoms with Gasteiger partial charge in [0.1, 0.15) is 23.4 Å². The lowest BCUT2D eigenvalue weighted by molar-refractivity contribution is 0.392. The number of hydrazine groups is 1. The van der Waals surface area contributed by atoms with Crippen LogP contribution in [0, 0.1) is 5.82 Å². The second-order valence-electron chi connectivity index (χ2n) is 3.50. The molecule has 17 heavy (non-hydrogen) atoms. The van der Waals surface area contributed by atoms with Crippen LogP contribution in [-0.4, -0.2) is 7.11 Å². The van der Waals surface area contributed by atoms with Crippen LogP contribution in [0.1, 0.15) is 17.4 Å². The highest BCUT2D eigenvalue weighted by molar-refractivity contribution is 5.39. The molecule has 2 aromatic rings. The number of benzene rings is 1. The van der Waals surface area contributed by atoms with Gasteiger partial charge >= 0.3 is 0 Å². The average molecular weight is 236 g/mol. The Hall–Kier alpha value is -1.85. The molecule has 0 aliphatic carbocycles. The molecule has 0 aliphatic rings. The lowest BCUT2D eigenvalue weighted by Crippen LogP contribution is -2.29. The number of halogens is 1. The highest BCUT2D eigenvalue weighted by atomic mass is 19.1. The van der Waals surface area contributed by atoms with Crippen LogP contribution in [0.15, 0.2) is 41.0 Å². The van der Waals surface area contributed by atoms with Crippen molar-refractivity contribution in [3.63, 3.8) is 0 Å². The number of nitrogens with one attached hydrogen (secondary N) is 1.